The molecular weight excluding hydrogens is 310 g/mol. The lowest BCUT2D eigenvalue weighted by Crippen LogP contribution is -2.49. The number of aromatic nitrogens is 1. The quantitative estimate of drug-likeness (QED) is 0.650. The lowest BCUT2D eigenvalue weighted by molar-refractivity contribution is 0.111. The third kappa shape index (κ3) is 2.66. The van der Waals surface area contributed by atoms with Crippen molar-refractivity contribution in [3.05, 3.63) is 23.8 Å². The van der Waals surface area contributed by atoms with Crippen molar-refractivity contribution < 1.29 is 13.3 Å². The lowest BCUT2D eigenvalue weighted by Gasteiger charge is -2.32. The summed E-state index contributed by atoms with van der Waals surface area (Å²) in [5.41, 5.74) is 2.14. The van der Waals surface area contributed by atoms with E-state index in [4.69, 9.17) is 13.3 Å². The molecule has 110 valence electrons. The molecule has 1 unspecified atom stereocenters. The summed E-state index contributed by atoms with van der Waals surface area (Å²) in [6.07, 6.45) is 0.861. The zero-order valence-electron chi connectivity index (χ0n) is 12.0. The van der Waals surface area contributed by atoms with Gasteiger partial charge in [-0.1, -0.05) is 19.1 Å². The molecule has 0 aliphatic heterocycles. The average Bonchev–Trinajstić information content (AvgIpc) is 2.85. The summed E-state index contributed by atoms with van der Waals surface area (Å²) in [7, 11) is 2.18. The van der Waals surface area contributed by atoms with E-state index in [1.165, 1.54) is 0 Å². The van der Waals surface area contributed by atoms with Crippen molar-refractivity contribution in [2.45, 2.75) is 23.2 Å². The van der Waals surface area contributed by atoms with Crippen LogP contribution >= 0.6 is 24.0 Å². The van der Waals surface area contributed by atoms with E-state index < -0.39 is 8.80 Å². The number of fused-ring (bicyclic) bond motifs is 1. The number of thiol groups is 1. The van der Waals surface area contributed by atoms with Gasteiger partial charge in [0, 0.05) is 21.3 Å². The molecule has 0 fully saturated rings. The van der Waals surface area contributed by atoms with Gasteiger partial charge in [-0.25, -0.2) is 4.98 Å². The molecule has 1 heterocycles. The molecule has 1 aromatic heterocycles. The first-order valence-electron chi connectivity index (χ1n) is 6.35. The zero-order valence-corrected chi connectivity index (χ0v) is 14.8. The van der Waals surface area contributed by atoms with Crippen LogP contribution in [0.2, 0.25) is 0 Å². The minimum atomic E-state index is -2.76. The van der Waals surface area contributed by atoms with Crippen molar-refractivity contribution in [1.82, 2.24) is 4.98 Å². The molecule has 7 heteroatoms. The number of benzene rings is 1. The standard InChI is InChI=1S/C13H19NO3S2Si/c1-5-11(20(15-2,16-3)17-4)9-7-6-8-10-12(9)14-13(18)19-10/h6-8,11H,5H2,1-4H3,(H,14,18). The van der Waals surface area contributed by atoms with E-state index in [9.17, 15) is 0 Å². The van der Waals surface area contributed by atoms with Crippen LogP contribution in [0.3, 0.4) is 0 Å². The normalized spacial score (nSPS) is 13.8. The minimum absolute atomic E-state index is 0.0565. The number of hydrogen-bond donors (Lipinski definition) is 1. The lowest BCUT2D eigenvalue weighted by atomic mass is 10.1. The Morgan fingerprint density at radius 2 is 1.90 bits per heavy atom. The van der Waals surface area contributed by atoms with Gasteiger partial charge in [0.05, 0.1) is 15.8 Å². The van der Waals surface area contributed by atoms with Crippen LogP contribution in [0, 0.1) is 0 Å². The molecule has 2 aromatic rings. The second kappa shape index (κ2) is 6.55. The van der Waals surface area contributed by atoms with Crippen molar-refractivity contribution in [2.24, 2.45) is 0 Å². The Balaban J connectivity index is 2.59. The fraction of sp³-hybridized carbons (Fsp3) is 0.462. The predicted molar refractivity (Wildman–Crippen MR) is 86.7 cm³/mol. The fourth-order valence-corrected chi connectivity index (χ4v) is 6.18. The van der Waals surface area contributed by atoms with Gasteiger partial charge >= 0.3 is 8.80 Å². The molecule has 0 saturated carbocycles. The van der Waals surface area contributed by atoms with Crippen molar-refractivity contribution in [1.29, 1.82) is 0 Å². The molecule has 0 saturated heterocycles. The Labute approximate surface area is 129 Å². The zero-order chi connectivity index (χ0) is 14.8. The molecule has 0 aliphatic carbocycles. The summed E-state index contributed by atoms with van der Waals surface area (Å²) in [5.74, 6) is 0. The molecule has 4 nitrogen and oxygen atoms in total. The van der Waals surface area contributed by atoms with Crippen LogP contribution in [0.1, 0.15) is 24.4 Å². The average molecular weight is 330 g/mol. The number of rotatable bonds is 6. The first kappa shape index (κ1) is 15.9. The summed E-state index contributed by atoms with van der Waals surface area (Å²) >= 11 is 5.93. The molecule has 0 bridgehead atoms. The van der Waals surface area contributed by atoms with Crippen molar-refractivity contribution in [3.8, 4) is 0 Å². The van der Waals surface area contributed by atoms with E-state index in [2.05, 4.69) is 36.7 Å². The van der Waals surface area contributed by atoms with E-state index in [0.29, 0.717) is 0 Å². The van der Waals surface area contributed by atoms with Crippen LogP contribution in [0.5, 0.6) is 0 Å². The Hall–Kier alpha value is -0.443. The number of thiazole rings is 1. The fourth-order valence-electron chi connectivity index (χ4n) is 2.58. The summed E-state index contributed by atoms with van der Waals surface area (Å²) in [4.78, 5) is 4.54. The highest BCUT2D eigenvalue weighted by atomic mass is 32.2. The maximum atomic E-state index is 5.65. The van der Waals surface area contributed by atoms with Gasteiger partial charge in [-0.2, -0.15) is 0 Å². The van der Waals surface area contributed by atoms with Gasteiger partial charge in [0.15, 0.2) is 0 Å². The van der Waals surface area contributed by atoms with Gasteiger partial charge in [0.1, 0.15) is 4.34 Å². The first-order chi connectivity index (χ1) is 9.61. The van der Waals surface area contributed by atoms with E-state index in [1.807, 2.05) is 6.07 Å². The second-order valence-electron chi connectivity index (χ2n) is 4.37. The number of hydrogen-bond acceptors (Lipinski definition) is 6. The Bertz CT molecular complexity index is 578. The highest BCUT2D eigenvalue weighted by molar-refractivity contribution is 7.82. The van der Waals surface area contributed by atoms with Gasteiger partial charge in [0.25, 0.3) is 0 Å². The van der Waals surface area contributed by atoms with Gasteiger partial charge in [0.2, 0.25) is 0 Å². The van der Waals surface area contributed by atoms with Crippen molar-refractivity contribution in [2.75, 3.05) is 21.3 Å². The minimum Gasteiger partial charge on any atom is -0.376 e. The SMILES string of the molecule is CCC(c1cccc2sc(S)nc12)[Si](OC)(OC)OC. The highest BCUT2D eigenvalue weighted by Crippen LogP contribution is 2.37. The third-order valence-corrected chi connectivity index (χ3v) is 7.98. The number of nitrogens with zero attached hydrogens (tertiary/aromatic N) is 1. The van der Waals surface area contributed by atoms with Crippen LogP contribution in [-0.4, -0.2) is 35.1 Å². The van der Waals surface area contributed by atoms with Gasteiger partial charge < -0.3 is 13.3 Å². The molecule has 0 N–H and O–H groups in total. The van der Waals surface area contributed by atoms with Crippen LogP contribution in [0.4, 0.5) is 0 Å². The molecule has 0 radical (unpaired) electrons. The monoisotopic (exact) mass is 329 g/mol. The Kier molecular flexibility index (Phi) is 5.22. The molecule has 0 amide bonds. The van der Waals surface area contributed by atoms with E-state index >= 15 is 0 Å². The van der Waals surface area contributed by atoms with Crippen LogP contribution in [0.25, 0.3) is 10.2 Å². The second-order valence-corrected chi connectivity index (χ2v) is 9.25. The van der Waals surface area contributed by atoms with Crippen LogP contribution < -0.4 is 0 Å². The van der Waals surface area contributed by atoms with Gasteiger partial charge in [-0.15, -0.1) is 24.0 Å². The van der Waals surface area contributed by atoms with E-state index in [0.717, 1.165) is 26.5 Å². The van der Waals surface area contributed by atoms with E-state index in [-0.39, 0.29) is 5.54 Å². The van der Waals surface area contributed by atoms with Crippen LogP contribution in [-0.2, 0) is 13.3 Å². The molecule has 0 spiro atoms. The smallest absolute Gasteiger partial charge is 0.376 e. The van der Waals surface area contributed by atoms with Crippen LogP contribution in [0.15, 0.2) is 22.5 Å². The van der Waals surface area contributed by atoms with Crippen molar-refractivity contribution in [3.63, 3.8) is 0 Å². The summed E-state index contributed by atoms with van der Waals surface area (Å²) in [5, 5.41) is 0. The predicted octanol–water partition coefficient (Wildman–Crippen LogP) is 3.50. The Morgan fingerprint density at radius 3 is 2.45 bits per heavy atom. The summed E-state index contributed by atoms with van der Waals surface area (Å²) in [6.45, 7) is 2.11. The molecule has 0 aliphatic rings. The van der Waals surface area contributed by atoms with Gasteiger partial charge in [-0.05, 0) is 18.1 Å². The maximum Gasteiger partial charge on any atom is 0.508 e. The summed E-state index contributed by atoms with van der Waals surface area (Å²) in [6, 6.07) is 6.16. The number of para-hydroxylation sites is 1. The topological polar surface area (TPSA) is 40.6 Å². The maximum absolute atomic E-state index is 5.65. The van der Waals surface area contributed by atoms with Crippen molar-refractivity contribution >= 4 is 43.0 Å². The molecular formula is C13H19NO3S2Si. The molecule has 1 aromatic carbocycles. The highest BCUT2D eigenvalue weighted by Gasteiger charge is 2.48. The van der Waals surface area contributed by atoms with Gasteiger partial charge in [-0.3, -0.25) is 0 Å². The Morgan fingerprint density at radius 1 is 1.25 bits per heavy atom. The third-order valence-electron chi connectivity index (χ3n) is 3.50. The van der Waals surface area contributed by atoms with E-state index in [1.54, 1.807) is 32.7 Å². The summed E-state index contributed by atoms with van der Waals surface area (Å²) < 4.78 is 18.8. The largest absolute Gasteiger partial charge is 0.508 e. The molecule has 20 heavy (non-hydrogen) atoms. The molecule has 2 rings (SSSR count). The first-order valence-corrected chi connectivity index (χ1v) is 9.42. The molecule has 1 atom stereocenters.